The van der Waals surface area contributed by atoms with E-state index in [1.54, 1.807) is 0 Å². The minimum atomic E-state index is -0.0822. The molecular formula is C14H20ClNO2. The maximum absolute atomic E-state index is 9.54. The van der Waals surface area contributed by atoms with Gasteiger partial charge in [0.05, 0.1) is 13.2 Å². The van der Waals surface area contributed by atoms with Crippen LogP contribution in [-0.2, 0) is 11.3 Å². The topological polar surface area (TPSA) is 32.7 Å². The predicted molar refractivity (Wildman–Crippen MR) is 72.7 cm³/mol. The smallest absolute Gasteiger partial charge is 0.0557 e. The number of hydrogen-bond acceptors (Lipinski definition) is 3. The molecule has 1 heterocycles. The standard InChI is InChI=1S/C14H20ClNO2/c1-16(8-12-2-4-13(15)5-3-12)9-14(10-17)6-7-18-11-14/h2-5,17H,6-11H2,1H3. The van der Waals surface area contributed by atoms with Crippen LogP contribution < -0.4 is 0 Å². The monoisotopic (exact) mass is 269 g/mol. The zero-order valence-electron chi connectivity index (χ0n) is 10.7. The third kappa shape index (κ3) is 3.45. The van der Waals surface area contributed by atoms with E-state index >= 15 is 0 Å². The van der Waals surface area contributed by atoms with E-state index in [9.17, 15) is 5.11 Å². The average molecular weight is 270 g/mol. The van der Waals surface area contributed by atoms with Gasteiger partial charge in [-0.25, -0.2) is 0 Å². The molecule has 1 unspecified atom stereocenters. The number of aliphatic hydroxyl groups excluding tert-OH is 1. The molecule has 1 aliphatic rings. The van der Waals surface area contributed by atoms with Gasteiger partial charge in [0, 0.05) is 30.1 Å². The quantitative estimate of drug-likeness (QED) is 0.889. The molecular weight excluding hydrogens is 250 g/mol. The van der Waals surface area contributed by atoms with Gasteiger partial charge in [-0.2, -0.15) is 0 Å². The summed E-state index contributed by atoms with van der Waals surface area (Å²) in [7, 11) is 2.07. The van der Waals surface area contributed by atoms with Crippen LogP contribution in [0.1, 0.15) is 12.0 Å². The number of halogens is 1. The first-order chi connectivity index (χ1) is 8.63. The zero-order valence-corrected chi connectivity index (χ0v) is 11.5. The lowest BCUT2D eigenvalue weighted by molar-refractivity contribution is 0.0625. The first kappa shape index (κ1) is 13.8. The summed E-state index contributed by atoms with van der Waals surface area (Å²) in [5.74, 6) is 0. The van der Waals surface area contributed by atoms with E-state index < -0.39 is 0 Å². The Morgan fingerprint density at radius 2 is 2.11 bits per heavy atom. The summed E-state index contributed by atoms with van der Waals surface area (Å²) in [4.78, 5) is 2.23. The van der Waals surface area contributed by atoms with Gasteiger partial charge in [0.15, 0.2) is 0 Å². The maximum Gasteiger partial charge on any atom is 0.0557 e. The molecule has 0 aliphatic carbocycles. The number of benzene rings is 1. The molecule has 0 radical (unpaired) electrons. The van der Waals surface area contributed by atoms with Gasteiger partial charge in [0.2, 0.25) is 0 Å². The van der Waals surface area contributed by atoms with Crippen LogP contribution in [0.5, 0.6) is 0 Å². The highest BCUT2D eigenvalue weighted by Gasteiger charge is 2.35. The zero-order chi connectivity index (χ0) is 13.0. The molecule has 0 spiro atoms. The molecule has 0 saturated carbocycles. The SMILES string of the molecule is CN(Cc1ccc(Cl)cc1)CC1(CO)CCOC1. The first-order valence-electron chi connectivity index (χ1n) is 6.25. The molecule has 1 aromatic carbocycles. The van der Waals surface area contributed by atoms with Crippen LogP contribution in [0.15, 0.2) is 24.3 Å². The van der Waals surface area contributed by atoms with Crippen LogP contribution in [0.25, 0.3) is 0 Å². The Bertz CT molecular complexity index is 374. The third-order valence-corrected chi connectivity index (χ3v) is 3.74. The fourth-order valence-corrected chi connectivity index (χ4v) is 2.60. The molecule has 0 amide bonds. The van der Waals surface area contributed by atoms with E-state index in [1.807, 2.05) is 24.3 Å². The Kier molecular flexibility index (Phi) is 4.62. The fourth-order valence-electron chi connectivity index (χ4n) is 2.48. The molecule has 1 N–H and O–H groups in total. The van der Waals surface area contributed by atoms with Crippen molar-refractivity contribution in [3.05, 3.63) is 34.9 Å². The highest BCUT2D eigenvalue weighted by molar-refractivity contribution is 6.30. The van der Waals surface area contributed by atoms with E-state index in [-0.39, 0.29) is 12.0 Å². The molecule has 3 nitrogen and oxygen atoms in total. The maximum atomic E-state index is 9.54. The van der Waals surface area contributed by atoms with Crippen molar-refractivity contribution in [1.82, 2.24) is 4.90 Å². The molecule has 0 aromatic heterocycles. The van der Waals surface area contributed by atoms with Crippen LogP contribution in [0.3, 0.4) is 0 Å². The second kappa shape index (κ2) is 6.02. The highest BCUT2D eigenvalue weighted by atomic mass is 35.5. The minimum absolute atomic E-state index is 0.0822. The van der Waals surface area contributed by atoms with Crippen molar-refractivity contribution in [2.75, 3.05) is 33.4 Å². The molecule has 1 saturated heterocycles. The molecule has 1 atom stereocenters. The largest absolute Gasteiger partial charge is 0.396 e. The van der Waals surface area contributed by atoms with E-state index in [0.717, 1.165) is 31.1 Å². The second-order valence-corrected chi connectivity index (χ2v) is 5.70. The van der Waals surface area contributed by atoms with E-state index in [4.69, 9.17) is 16.3 Å². The Balaban J connectivity index is 1.91. The number of nitrogens with zero attached hydrogens (tertiary/aromatic N) is 1. The second-order valence-electron chi connectivity index (χ2n) is 5.26. The van der Waals surface area contributed by atoms with E-state index in [2.05, 4.69) is 11.9 Å². The van der Waals surface area contributed by atoms with Crippen molar-refractivity contribution in [3.63, 3.8) is 0 Å². The van der Waals surface area contributed by atoms with Gasteiger partial charge in [0.25, 0.3) is 0 Å². The summed E-state index contributed by atoms with van der Waals surface area (Å²) in [5, 5.41) is 10.3. The highest BCUT2D eigenvalue weighted by Crippen LogP contribution is 2.29. The van der Waals surface area contributed by atoms with Gasteiger partial charge in [0.1, 0.15) is 0 Å². The van der Waals surface area contributed by atoms with E-state index in [1.165, 1.54) is 5.56 Å². The molecule has 2 rings (SSSR count). The Morgan fingerprint density at radius 1 is 1.39 bits per heavy atom. The summed E-state index contributed by atoms with van der Waals surface area (Å²) >= 11 is 5.87. The van der Waals surface area contributed by atoms with Crippen molar-refractivity contribution in [2.45, 2.75) is 13.0 Å². The first-order valence-corrected chi connectivity index (χ1v) is 6.63. The molecule has 100 valence electrons. The Hall–Kier alpha value is -0.610. The summed E-state index contributed by atoms with van der Waals surface area (Å²) < 4.78 is 5.41. The number of rotatable bonds is 5. The lowest BCUT2D eigenvalue weighted by Gasteiger charge is -2.30. The van der Waals surface area contributed by atoms with Crippen molar-refractivity contribution in [3.8, 4) is 0 Å². The lowest BCUT2D eigenvalue weighted by Crippen LogP contribution is -2.38. The summed E-state index contributed by atoms with van der Waals surface area (Å²) in [6.07, 6.45) is 0.939. The van der Waals surface area contributed by atoms with Gasteiger partial charge in [-0.15, -0.1) is 0 Å². The van der Waals surface area contributed by atoms with Crippen LogP contribution in [0.2, 0.25) is 5.02 Å². The number of ether oxygens (including phenoxy) is 1. The number of hydrogen-bond donors (Lipinski definition) is 1. The number of aliphatic hydroxyl groups is 1. The third-order valence-electron chi connectivity index (χ3n) is 3.49. The molecule has 1 fully saturated rings. The van der Waals surface area contributed by atoms with Gasteiger partial charge >= 0.3 is 0 Å². The van der Waals surface area contributed by atoms with Crippen LogP contribution in [0.4, 0.5) is 0 Å². The Morgan fingerprint density at radius 3 is 2.67 bits per heavy atom. The van der Waals surface area contributed by atoms with Crippen LogP contribution in [-0.4, -0.2) is 43.4 Å². The van der Waals surface area contributed by atoms with Crippen molar-refractivity contribution in [1.29, 1.82) is 0 Å². The molecule has 1 aliphatic heterocycles. The Labute approximate surface area is 113 Å². The van der Waals surface area contributed by atoms with Gasteiger partial charge in [-0.05, 0) is 31.2 Å². The van der Waals surface area contributed by atoms with Crippen molar-refractivity contribution >= 4 is 11.6 Å². The van der Waals surface area contributed by atoms with Crippen molar-refractivity contribution in [2.24, 2.45) is 5.41 Å². The molecule has 1 aromatic rings. The van der Waals surface area contributed by atoms with Crippen LogP contribution in [0, 0.1) is 5.41 Å². The summed E-state index contributed by atoms with van der Waals surface area (Å²) in [6.45, 7) is 3.33. The average Bonchev–Trinajstić information content (AvgIpc) is 2.81. The minimum Gasteiger partial charge on any atom is -0.396 e. The van der Waals surface area contributed by atoms with Crippen LogP contribution >= 0.6 is 11.6 Å². The van der Waals surface area contributed by atoms with Gasteiger partial charge in [-0.1, -0.05) is 23.7 Å². The molecule has 0 bridgehead atoms. The van der Waals surface area contributed by atoms with Gasteiger partial charge < -0.3 is 14.7 Å². The van der Waals surface area contributed by atoms with Gasteiger partial charge in [-0.3, -0.25) is 0 Å². The molecule has 18 heavy (non-hydrogen) atoms. The predicted octanol–water partition coefficient (Wildman–Crippen LogP) is 2.17. The molecule has 4 heteroatoms. The summed E-state index contributed by atoms with van der Waals surface area (Å²) in [5.41, 5.74) is 1.15. The van der Waals surface area contributed by atoms with E-state index in [0.29, 0.717) is 6.61 Å². The normalized spacial score (nSPS) is 23.8. The summed E-state index contributed by atoms with van der Waals surface area (Å²) in [6, 6.07) is 7.89. The fraction of sp³-hybridized carbons (Fsp3) is 0.571. The lowest BCUT2D eigenvalue weighted by atomic mass is 9.88. The van der Waals surface area contributed by atoms with Crippen molar-refractivity contribution < 1.29 is 9.84 Å².